The average molecular weight is 313 g/mol. The topological polar surface area (TPSA) is 65.2 Å². The van der Waals surface area contributed by atoms with Crippen LogP contribution in [0.25, 0.3) is 10.9 Å². The van der Waals surface area contributed by atoms with Crippen LogP contribution in [0.1, 0.15) is 41.4 Å². The monoisotopic (exact) mass is 313 g/mol. The number of amides is 2. The molecule has 1 saturated heterocycles. The standard InChI is InChI=1S/C18H23N3O2/c1-11-12(2)19-17-5-4-14(10-16(11)17)18(23)20-15-6-8-21(9-7-15)13(3)22/h4-5,10,15,19H,6-9H2,1-3H3,(H,20,23). The van der Waals surface area contributed by atoms with E-state index in [1.54, 1.807) is 6.92 Å². The molecule has 1 aliphatic heterocycles. The molecule has 0 bridgehead atoms. The largest absolute Gasteiger partial charge is 0.358 e. The number of benzene rings is 1. The van der Waals surface area contributed by atoms with Gasteiger partial charge in [0, 0.05) is 48.2 Å². The Labute approximate surface area is 136 Å². The van der Waals surface area contributed by atoms with E-state index in [1.165, 1.54) is 5.56 Å². The van der Waals surface area contributed by atoms with Crippen LogP contribution in [0.4, 0.5) is 0 Å². The van der Waals surface area contributed by atoms with Crippen LogP contribution < -0.4 is 5.32 Å². The number of H-pyrrole nitrogens is 1. The Bertz CT molecular complexity index is 755. The first-order chi connectivity index (χ1) is 11.0. The first kappa shape index (κ1) is 15.6. The van der Waals surface area contributed by atoms with Gasteiger partial charge in [0.05, 0.1) is 0 Å². The molecule has 0 atom stereocenters. The van der Waals surface area contributed by atoms with Crippen molar-refractivity contribution in [3.8, 4) is 0 Å². The second kappa shape index (κ2) is 6.07. The Morgan fingerprint density at radius 3 is 2.57 bits per heavy atom. The van der Waals surface area contributed by atoms with Gasteiger partial charge in [-0.25, -0.2) is 0 Å². The lowest BCUT2D eigenvalue weighted by Gasteiger charge is -2.31. The third kappa shape index (κ3) is 3.09. The van der Waals surface area contributed by atoms with E-state index in [4.69, 9.17) is 0 Å². The molecule has 0 radical (unpaired) electrons. The molecule has 2 N–H and O–H groups in total. The number of likely N-dealkylation sites (tertiary alicyclic amines) is 1. The number of nitrogens with one attached hydrogen (secondary N) is 2. The summed E-state index contributed by atoms with van der Waals surface area (Å²) in [7, 11) is 0. The SMILES string of the molecule is CC(=O)N1CCC(NC(=O)c2ccc3[nH]c(C)c(C)c3c2)CC1. The second-order valence-corrected chi connectivity index (χ2v) is 6.39. The molecule has 2 aromatic rings. The maximum Gasteiger partial charge on any atom is 0.251 e. The second-order valence-electron chi connectivity index (χ2n) is 6.39. The minimum Gasteiger partial charge on any atom is -0.358 e. The number of piperidine rings is 1. The van der Waals surface area contributed by atoms with Crippen molar-refractivity contribution in [3.05, 3.63) is 35.0 Å². The molecule has 5 nitrogen and oxygen atoms in total. The predicted octanol–water partition coefficient (Wildman–Crippen LogP) is 2.53. The number of nitrogens with zero attached hydrogens (tertiary/aromatic N) is 1. The zero-order valence-corrected chi connectivity index (χ0v) is 13.9. The smallest absolute Gasteiger partial charge is 0.251 e. The van der Waals surface area contributed by atoms with E-state index < -0.39 is 0 Å². The summed E-state index contributed by atoms with van der Waals surface area (Å²) < 4.78 is 0. The number of carbonyl (C=O) groups excluding carboxylic acids is 2. The number of hydrogen-bond donors (Lipinski definition) is 2. The normalized spacial score (nSPS) is 15.9. The molecule has 3 rings (SSSR count). The van der Waals surface area contributed by atoms with E-state index in [0.717, 1.165) is 42.5 Å². The molecule has 122 valence electrons. The summed E-state index contributed by atoms with van der Waals surface area (Å²) in [5.41, 5.74) is 4.07. The Kier molecular flexibility index (Phi) is 4.11. The molecule has 1 fully saturated rings. The molecule has 0 spiro atoms. The van der Waals surface area contributed by atoms with E-state index >= 15 is 0 Å². The van der Waals surface area contributed by atoms with Crippen molar-refractivity contribution in [2.24, 2.45) is 0 Å². The molecule has 0 unspecified atom stereocenters. The zero-order valence-electron chi connectivity index (χ0n) is 13.9. The summed E-state index contributed by atoms with van der Waals surface area (Å²) in [5.74, 6) is 0.0740. The molecule has 1 aromatic carbocycles. The summed E-state index contributed by atoms with van der Waals surface area (Å²) in [6.07, 6.45) is 1.63. The number of hydrogen-bond acceptors (Lipinski definition) is 2. The molecule has 1 aliphatic rings. The van der Waals surface area contributed by atoms with Crippen LogP contribution in [0.3, 0.4) is 0 Å². The maximum absolute atomic E-state index is 12.5. The lowest BCUT2D eigenvalue weighted by atomic mass is 10.0. The summed E-state index contributed by atoms with van der Waals surface area (Å²) in [5, 5.41) is 4.20. The molecule has 1 aromatic heterocycles. The Hall–Kier alpha value is -2.30. The van der Waals surface area contributed by atoms with Gasteiger partial charge in [-0.3, -0.25) is 9.59 Å². The van der Waals surface area contributed by atoms with Gasteiger partial charge in [0.2, 0.25) is 5.91 Å². The average Bonchev–Trinajstić information content (AvgIpc) is 2.82. The quantitative estimate of drug-likeness (QED) is 0.895. The summed E-state index contributed by atoms with van der Waals surface area (Å²) in [6.45, 7) is 7.13. The van der Waals surface area contributed by atoms with Crippen LogP contribution in [-0.2, 0) is 4.79 Å². The fraction of sp³-hybridized carbons (Fsp3) is 0.444. The van der Waals surface area contributed by atoms with Gasteiger partial charge >= 0.3 is 0 Å². The van der Waals surface area contributed by atoms with Crippen LogP contribution >= 0.6 is 0 Å². The molecule has 2 heterocycles. The van der Waals surface area contributed by atoms with Crippen molar-refractivity contribution in [2.75, 3.05) is 13.1 Å². The zero-order chi connectivity index (χ0) is 16.6. The maximum atomic E-state index is 12.5. The van der Waals surface area contributed by atoms with E-state index in [1.807, 2.05) is 30.0 Å². The van der Waals surface area contributed by atoms with Crippen molar-refractivity contribution in [2.45, 2.75) is 39.7 Å². The van der Waals surface area contributed by atoms with Crippen LogP contribution in [0.5, 0.6) is 0 Å². The summed E-state index contributed by atoms with van der Waals surface area (Å²) >= 11 is 0. The fourth-order valence-corrected chi connectivity index (χ4v) is 3.21. The first-order valence-electron chi connectivity index (χ1n) is 8.11. The van der Waals surface area contributed by atoms with Crippen molar-refractivity contribution in [1.29, 1.82) is 0 Å². The highest BCUT2D eigenvalue weighted by Gasteiger charge is 2.22. The van der Waals surface area contributed by atoms with Crippen LogP contribution in [0, 0.1) is 13.8 Å². The molecule has 0 aliphatic carbocycles. The Balaban J connectivity index is 1.69. The number of aryl methyl sites for hydroxylation is 2. The van der Waals surface area contributed by atoms with Gasteiger partial charge in [0.25, 0.3) is 5.91 Å². The minimum absolute atomic E-state index is 0.0357. The lowest BCUT2D eigenvalue weighted by molar-refractivity contribution is -0.129. The number of rotatable bonds is 2. The minimum atomic E-state index is -0.0357. The third-order valence-corrected chi connectivity index (χ3v) is 4.85. The van der Waals surface area contributed by atoms with Gasteiger partial charge in [-0.2, -0.15) is 0 Å². The van der Waals surface area contributed by atoms with Gasteiger partial charge in [0.1, 0.15) is 0 Å². The van der Waals surface area contributed by atoms with Crippen molar-refractivity contribution in [3.63, 3.8) is 0 Å². The highest BCUT2D eigenvalue weighted by atomic mass is 16.2. The number of aromatic amines is 1. The highest BCUT2D eigenvalue weighted by molar-refractivity contribution is 5.99. The molecule has 0 saturated carbocycles. The van der Waals surface area contributed by atoms with E-state index in [9.17, 15) is 9.59 Å². The van der Waals surface area contributed by atoms with Gasteiger partial charge in [0.15, 0.2) is 0 Å². The molecule has 2 amide bonds. The number of fused-ring (bicyclic) bond motifs is 1. The molecular formula is C18H23N3O2. The van der Waals surface area contributed by atoms with Crippen LogP contribution in [0.2, 0.25) is 0 Å². The molecule has 23 heavy (non-hydrogen) atoms. The van der Waals surface area contributed by atoms with Crippen molar-refractivity contribution in [1.82, 2.24) is 15.2 Å². The lowest BCUT2D eigenvalue weighted by Crippen LogP contribution is -2.45. The van der Waals surface area contributed by atoms with Gasteiger partial charge < -0.3 is 15.2 Å². The molecular weight excluding hydrogens is 290 g/mol. The van der Waals surface area contributed by atoms with Gasteiger partial charge in [-0.15, -0.1) is 0 Å². The van der Waals surface area contributed by atoms with Gasteiger partial charge in [-0.1, -0.05) is 0 Å². The summed E-state index contributed by atoms with van der Waals surface area (Å²) in [4.78, 5) is 29.0. The third-order valence-electron chi connectivity index (χ3n) is 4.85. The van der Waals surface area contributed by atoms with Gasteiger partial charge in [-0.05, 0) is 50.5 Å². The predicted molar refractivity (Wildman–Crippen MR) is 90.5 cm³/mol. The van der Waals surface area contributed by atoms with E-state index in [0.29, 0.717) is 5.56 Å². The van der Waals surface area contributed by atoms with Crippen LogP contribution in [0.15, 0.2) is 18.2 Å². The number of carbonyl (C=O) groups is 2. The molecule has 5 heteroatoms. The van der Waals surface area contributed by atoms with Crippen LogP contribution in [-0.4, -0.2) is 40.8 Å². The fourth-order valence-electron chi connectivity index (χ4n) is 3.21. The van der Waals surface area contributed by atoms with Crippen molar-refractivity contribution < 1.29 is 9.59 Å². The number of aromatic nitrogens is 1. The summed E-state index contributed by atoms with van der Waals surface area (Å²) in [6, 6.07) is 5.91. The Morgan fingerprint density at radius 2 is 1.91 bits per heavy atom. The highest BCUT2D eigenvalue weighted by Crippen LogP contribution is 2.22. The first-order valence-corrected chi connectivity index (χ1v) is 8.11. The van der Waals surface area contributed by atoms with Crippen molar-refractivity contribution >= 4 is 22.7 Å². The Morgan fingerprint density at radius 1 is 1.22 bits per heavy atom. The van der Waals surface area contributed by atoms with E-state index in [-0.39, 0.29) is 17.9 Å². The van der Waals surface area contributed by atoms with E-state index in [2.05, 4.69) is 17.2 Å².